The lowest BCUT2D eigenvalue weighted by Gasteiger charge is -2.20. The second-order valence-electron chi connectivity index (χ2n) is 8.02. The van der Waals surface area contributed by atoms with Gasteiger partial charge in [-0.3, -0.25) is 4.79 Å². The van der Waals surface area contributed by atoms with Gasteiger partial charge >= 0.3 is 6.18 Å². The molecule has 2 aromatic rings. The molecule has 0 spiro atoms. The summed E-state index contributed by atoms with van der Waals surface area (Å²) in [6.45, 7) is 3.32. The van der Waals surface area contributed by atoms with Crippen molar-refractivity contribution in [3.8, 4) is 0 Å². The third kappa shape index (κ3) is 5.24. The number of benzene rings is 1. The van der Waals surface area contributed by atoms with Gasteiger partial charge < -0.3 is 15.0 Å². The number of nitrogens with zero attached hydrogens (tertiary/aromatic N) is 3. The number of rotatable bonds is 7. The number of anilines is 1. The number of hydrogen-bond acceptors (Lipinski definition) is 5. The number of amides is 1. The topological polar surface area (TPSA) is 67.4 Å². The predicted octanol–water partition coefficient (Wildman–Crippen LogP) is 4.06. The molecule has 1 saturated carbocycles. The van der Waals surface area contributed by atoms with Gasteiger partial charge in [-0.2, -0.15) is 13.2 Å². The van der Waals surface area contributed by atoms with Crippen LogP contribution in [0.15, 0.2) is 49.1 Å². The van der Waals surface area contributed by atoms with Gasteiger partial charge in [0.25, 0.3) is 5.91 Å². The van der Waals surface area contributed by atoms with Crippen molar-refractivity contribution in [3.63, 3.8) is 0 Å². The van der Waals surface area contributed by atoms with Crippen molar-refractivity contribution in [2.75, 3.05) is 18.4 Å². The van der Waals surface area contributed by atoms with E-state index in [1.165, 1.54) is 17.0 Å². The van der Waals surface area contributed by atoms with E-state index in [-0.39, 0.29) is 19.7 Å². The van der Waals surface area contributed by atoms with E-state index in [0.717, 1.165) is 30.5 Å². The Kier molecular flexibility index (Phi) is 6.14. The largest absolute Gasteiger partial charge is 0.416 e. The minimum atomic E-state index is -4.41. The number of halogens is 4. The first-order chi connectivity index (χ1) is 15.2. The average Bonchev–Trinajstić information content (AvgIpc) is 3.53. The molecule has 170 valence electrons. The average molecular weight is 450 g/mol. The molecule has 1 aliphatic carbocycles. The highest BCUT2D eigenvalue weighted by molar-refractivity contribution is 5.90. The number of alkyl halides is 3. The van der Waals surface area contributed by atoms with Crippen LogP contribution in [0.5, 0.6) is 0 Å². The molecule has 2 atom stereocenters. The Morgan fingerprint density at radius 2 is 1.81 bits per heavy atom. The van der Waals surface area contributed by atoms with Gasteiger partial charge in [-0.15, -0.1) is 0 Å². The standard InChI is InChI=1S/C22H22F4N4O2/c1-13(23)20(31)30-10-18(29-21-27-8-16(9-28-21)15-4-5-15)19(11-30)32-12-14-2-6-17(7-3-14)22(24,25)26/h2-3,6-9,15,18-19H,1,4-5,10-12H2,(H,27,28,29)/t18-,19-/m1/s1. The maximum atomic E-state index is 13.4. The van der Waals surface area contributed by atoms with Gasteiger partial charge in [-0.25, -0.2) is 14.4 Å². The number of aromatic nitrogens is 2. The Morgan fingerprint density at radius 3 is 2.38 bits per heavy atom. The zero-order valence-corrected chi connectivity index (χ0v) is 17.1. The van der Waals surface area contributed by atoms with Crippen molar-refractivity contribution in [1.29, 1.82) is 0 Å². The number of carbonyl (C=O) groups is 1. The fourth-order valence-corrected chi connectivity index (χ4v) is 3.62. The molecule has 1 aromatic heterocycles. The van der Waals surface area contributed by atoms with E-state index >= 15 is 0 Å². The lowest BCUT2D eigenvalue weighted by molar-refractivity contribution is -0.137. The van der Waals surface area contributed by atoms with Crippen LogP contribution in [-0.4, -0.2) is 46.0 Å². The van der Waals surface area contributed by atoms with Crippen molar-refractivity contribution in [3.05, 3.63) is 65.8 Å². The fourth-order valence-electron chi connectivity index (χ4n) is 3.62. The van der Waals surface area contributed by atoms with Gasteiger partial charge in [-0.1, -0.05) is 18.7 Å². The van der Waals surface area contributed by atoms with Crippen LogP contribution < -0.4 is 5.32 Å². The minimum absolute atomic E-state index is 0.0288. The third-order valence-corrected chi connectivity index (χ3v) is 5.57. The lowest BCUT2D eigenvalue weighted by Crippen LogP contribution is -2.35. The van der Waals surface area contributed by atoms with Crippen LogP contribution in [-0.2, 0) is 22.3 Å². The first-order valence-corrected chi connectivity index (χ1v) is 10.2. The molecule has 32 heavy (non-hydrogen) atoms. The van der Waals surface area contributed by atoms with Crippen LogP contribution in [0.2, 0.25) is 0 Å². The maximum Gasteiger partial charge on any atom is 0.416 e. The van der Waals surface area contributed by atoms with Gasteiger partial charge in [0.05, 0.1) is 24.3 Å². The van der Waals surface area contributed by atoms with Crippen LogP contribution in [0.25, 0.3) is 0 Å². The zero-order valence-electron chi connectivity index (χ0n) is 17.1. The quantitative estimate of drug-likeness (QED) is 0.509. The molecule has 1 saturated heterocycles. The molecule has 1 amide bonds. The SMILES string of the molecule is C=C(F)C(=O)N1C[C@@H](Nc2ncc(C3CC3)cn2)[C@H](OCc2ccc(C(F)(F)F)cc2)C1. The number of hydrogen-bond donors (Lipinski definition) is 1. The van der Waals surface area contributed by atoms with Gasteiger partial charge in [0, 0.05) is 25.5 Å². The molecule has 0 radical (unpaired) electrons. The van der Waals surface area contributed by atoms with E-state index in [1.807, 2.05) is 0 Å². The molecule has 1 aromatic carbocycles. The number of likely N-dealkylation sites (tertiary alicyclic amines) is 1. The van der Waals surface area contributed by atoms with Crippen molar-refractivity contribution in [2.24, 2.45) is 0 Å². The van der Waals surface area contributed by atoms with E-state index in [9.17, 15) is 22.4 Å². The molecule has 0 unspecified atom stereocenters. The first-order valence-electron chi connectivity index (χ1n) is 10.2. The molecular weight excluding hydrogens is 428 g/mol. The summed E-state index contributed by atoms with van der Waals surface area (Å²) >= 11 is 0. The van der Waals surface area contributed by atoms with Crippen molar-refractivity contribution < 1.29 is 27.1 Å². The Labute approximate surface area is 182 Å². The van der Waals surface area contributed by atoms with Gasteiger partial charge in [0.1, 0.15) is 0 Å². The van der Waals surface area contributed by atoms with Crippen LogP contribution in [0, 0.1) is 0 Å². The number of carbonyl (C=O) groups excluding carboxylic acids is 1. The second kappa shape index (κ2) is 8.85. The maximum absolute atomic E-state index is 13.4. The van der Waals surface area contributed by atoms with Crippen molar-refractivity contribution in [2.45, 2.75) is 43.7 Å². The summed E-state index contributed by atoms with van der Waals surface area (Å²) in [5.41, 5.74) is 0.871. The summed E-state index contributed by atoms with van der Waals surface area (Å²) in [7, 11) is 0. The van der Waals surface area contributed by atoms with E-state index in [4.69, 9.17) is 4.74 Å². The summed E-state index contributed by atoms with van der Waals surface area (Å²) < 4.78 is 57.5. The van der Waals surface area contributed by atoms with Gasteiger partial charge in [0.15, 0.2) is 5.83 Å². The molecule has 1 N–H and O–H groups in total. The summed E-state index contributed by atoms with van der Waals surface area (Å²) in [5.74, 6) is -1.03. The second-order valence-corrected chi connectivity index (χ2v) is 8.02. The Morgan fingerprint density at radius 1 is 1.16 bits per heavy atom. The molecule has 2 fully saturated rings. The van der Waals surface area contributed by atoms with E-state index in [1.54, 1.807) is 12.4 Å². The summed E-state index contributed by atoms with van der Waals surface area (Å²) in [6, 6.07) is 4.22. The zero-order chi connectivity index (χ0) is 22.9. The molecule has 6 nitrogen and oxygen atoms in total. The van der Waals surface area contributed by atoms with E-state index < -0.39 is 35.6 Å². The van der Waals surface area contributed by atoms with E-state index in [2.05, 4.69) is 21.9 Å². The molecule has 2 aliphatic rings. The molecule has 10 heteroatoms. The van der Waals surface area contributed by atoms with Crippen molar-refractivity contribution >= 4 is 11.9 Å². The fraction of sp³-hybridized carbons (Fsp3) is 0.409. The molecule has 4 rings (SSSR count). The third-order valence-electron chi connectivity index (χ3n) is 5.57. The van der Waals surface area contributed by atoms with Gasteiger partial charge in [0.2, 0.25) is 5.95 Å². The summed E-state index contributed by atoms with van der Waals surface area (Å²) in [5, 5.41) is 3.12. The smallest absolute Gasteiger partial charge is 0.369 e. The molecule has 1 aliphatic heterocycles. The monoisotopic (exact) mass is 450 g/mol. The molecular formula is C22H22F4N4O2. The highest BCUT2D eigenvalue weighted by atomic mass is 19.4. The minimum Gasteiger partial charge on any atom is -0.369 e. The summed E-state index contributed by atoms with van der Waals surface area (Å²) in [4.78, 5) is 22.0. The predicted molar refractivity (Wildman–Crippen MR) is 108 cm³/mol. The molecule has 2 heterocycles. The highest BCUT2D eigenvalue weighted by Gasteiger charge is 2.37. The Bertz CT molecular complexity index is 975. The first kappa shape index (κ1) is 22.2. The van der Waals surface area contributed by atoms with Crippen LogP contribution in [0.3, 0.4) is 0 Å². The normalized spacial score (nSPS) is 20.9. The number of ether oxygens (including phenoxy) is 1. The van der Waals surface area contributed by atoms with Crippen molar-refractivity contribution in [1.82, 2.24) is 14.9 Å². The van der Waals surface area contributed by atoms with E-state index in [0.29, 0.717) is 17.4 Å². The number of nitrogens with one attached hydrogen (secondary N) is 1. The van der Waals surface area contributed by atoms with Crippen LogP contribution >= 0.6 is 0 Å². The Balaban J connectivity index is 1.42. The van der Waals surface area contributed by atoms with Gasteiger partial charge in [-0.05, 0) is 42.0 Å². The lowest BCUT2D eigenvalue weighted by atomic mass is 10.1. The van der Waals surface area contributed by atoms with Crippen LogP contribution in [0.4, 0.5) is 23.5 Å². The van der Waals surface area contributed by atoms with Crippen LogP contribution in [0.1, 0.15) is 35.4 Å². The molecule has 0 bridgehead atoms. The summed E-state index contributed by atoms with van der Waals surface area (Å²) in [6.07, 6.45) is 0.807. The highest BCUT2D eigenvalue weighted by Crippen LogP contribution is 2.39. The Hall–Kier alpha value is -3.01.